The van der Waals surface area contributed by atoms with Crippen molar-refractivity contribution in [1.29, 1.82) is 0 Å². The Hall–Kier alpha value is -2.97. The van der Waals surface area contributed by atoms with Crippen molar-refractivity contribution in [2.45, 2.75) is 25.0 Å². The molecule has 0 aliphatic heterocycles. The van der Waals surface area contributed by atoms with Crippen LogP contribution in [0.1, 0.15) is 23.9 Å². The summed E-state index contributed by atoms with van der Waals surface area (Å²) in [7, 11) is 0. The van der Waals surface area contributed by atoms with Gasteiger partial charge in [-0.15, -0.1) is 21.5 Å². The number of rotatable bonds is 8. The number of carbonyl (C=O) groups excluding carboxylic acids is 1. The Balaban J connectivity index is 1.28. The van der Waals surface area contributed by atoms with Crippen molar-refractivity contribution < 1.29 is 9.21 Å². The molecule has 0 aliphatic rings. The first-order valence-electron chi connectivity index (χ1n) is 9.53. The van der Waals surface area contributed by atoms with Gasteiger partial charge in [-0.25, -0.2) is 4.98 Å². The van der Waals surface area contributed by atoms with Crippen molar-refractivity contribution in [3.05, 3.63) is 77.0 Å². The number of aromatic nitrogens is 3. The number of nitrogens with one attached hydrogen (secondary N) is 1. The number of thiazole rings is 1. The van der Waals surface area contributed by atoms with Crippen molar-refractivity contribution in [2.24, 2.45) is 0 Å². The first kappa shape index (κ1) is 20.3. The molecule has 0 saturated carbocycles. The smallest absolute Gasteiger partial charge is 0.277 e. The fourth-order valence-corrected chi connectivity index (χ4v) is 4.11. The molecule has 1 N–H and O–H groups in total. The highest BCUT2D eigenvalue weighted by Crippen LogP contribution is 2.26. The van der Waals surface area contributed by atoms with E-state index in [9.17, 15) is 4.79 Å². The maximum absolute atomic E-state index is 12.3. The normalized spacial score (nSPS) is 10.8. The number of hydrogen-bond donors (Lipinski definition) is 1. The molecular weight excluding hydrogens is 416 g/mol. The molecule has 0 radical (unpaired) electrons. The summed E-state index contributed by atoms with van der Waals surface area (Å²) >= 11 is 2.62. The number of nitrogens with zero attached hydrogens (tertiary/aromatic N) is 3. The molecule has 1 amide bonds. The molecule has 2 heterocycles. The van der Waals surface area contributed by atoms with Crippen LogP contribution in [0.3, 0.4) is 0 Å². The summed E-state index contributed by atoms with van der Waals surface area (Å²) in [6.45, 7) is 2.13. The van der Waals surface area contributed by atoms with E-state index in [1.807, 2.05) is 35.7 Å². The highest BCUT2D eigenvalue weighted by molar-refractivity contribution is 7.99. The van der Waals surface area contributed by atoms with Crippen molar-refractivity contribution in [3.8, 4) is 11.3 Å². The van der Waals surface area contributed by atoms with Crippen LogP contribution in [0.15, 0.2) is 69.6 Å². The molecule has 4 aromatic rings. The van der Waals surface area contributed by atoms with Crippen LogP contribution >= 0.6 is 23.1 Å². The van der Waals surface area contributed by atoms with Crippen molar-refractivity contribution in [1.82, 2.24) is 15.2 Å². The predicted octanol–water partition coefficient (Wildman–Crippen LogP) is 5.08. The number of benzene rings is 2. The van der Waals surface area contributed by atoms with E-state index in [1.54, 1.807) is 0 Å². The monoisotopic (exact) mass is 436 g/mol. The fraction of sp³-hybridized carbons (Fsp3) is 0.182. The highest BCUT2D eigenvalue weighted by Gasteiger charge is 2.12. The lowest BCUT2D eigenvalue weighted by Crippen LogP contribution is -2.13. The van der Waals surface area contributed by atoms with Gasteiger partial charge in [0.25, 0.3) is 5.22 Å². The topological polar surface area (TPSA) is 80.9 Å². The summed E-state index contributed by atoms with van der Waals surface area (Å²) in [4.78, 5) is 16.8. The van der Waals surface area contributed by atoms with Gasteiger partial charge in [-0.05, 0) is 17.5 Å². The Kier molecular flexibility index (Phi) is 6.56. The molecule has 0 spiro atoms. The quantitative estimate of drug-likeness (QED) is 0.388. The Labute approximate surface area is 182 Å². The standard InChI is InChI=1S/C22H20N4O2S2/c1-2-15-8-10-17(11-9-15)18-13-29-21(23-18)24-19(27)14-30-22-26-25-20(28-22)12-16-6-4-3-5-7-16/h3-11,13H,2,12,14H2,1H3,(H,23,24,27). The van der Waals surface area contributed by atoms with E-state index >= 15 is 0 Å². The molecule has 6 nitrogen and oxygen atoms in total. The van der Waals surface area contributed by atoms with Crippen molar-refractivity contribution >= 4 is 34.1 Å². The minimum atomic E-state index is -0.162. The SMILES string of the molecule is CCc1ccc(-c2csc(NC(=O)CSc3nnc(Cc4ccccc4)o3)n2)cc1. The number of carbonyl (C=O) groups is 1. The molecule has 0 bridgehead atoms. The van der Waals surface area contributed by atoms with Gasteiger partial charge in [-0.3, -0.25) is 4.79 Å². The van der Waals surface area contributed by atoms with E-state index < -0.39 is 0 Å². The van der Waals surface area contributed by atoms with E-state index in [2.05, 4.69) is 51.7 Å². The van der Waals surface area contributed by atoms with E-state index in [4.69, 9.17) is 4.42 Å². The highest BCUT2D eigenvalue weighted by atomic mass is 32.2. The summed E-state index contributed by atoms with van der Waals surface area (Å²) < 4.78 is 5.62. The first-order chi connectivity index (χ1) is 14.7. The summed E-state index contributed by atoms with van der Waals surface area (Å²) in [5.74, 6) is 0.542. The van der Waals surface area contributed by atoms with E-state index in [0.29, 0.717) is 22.7 Å². The fourth-order valence-electron chi connectivity index (χ4n) is 2.80. The van der Waals surface area contributed by atoms with Crippen LogP contribution in [0.25, 0.3) is 11.3 Å². The van der Waals surface area contributed by atoms with E-state index in [1.165, 1.54) is 28.7 Å². The van der Waals surface area contributed by atoms with Gasteiger partial charge in [0.1, 0.15) is 0 Å². The molecule has 8 heteroatoms. The number of hydrogen-bond acceptors (Lipinski definition) is 7. The van der Waals surface area contributed by atoms with Gasteiger partial charge < -0.3 is 9.73 Å². The minimum Gasteiger partial charge on any atom is -0.416 e. The zero-order chi connectivity index (χ0) is 20.8. The zero-order valence-corrected chi connectivity index (χ0v) is 18.0. The number of amides is 1. The lowest BCUT2D eigenvalue weighted by Gasteiger charge is -2.00. The molecule has 4 rings (SSSR count). The van der Waals surface area contributed by atoms with E-state index in [-0.39, 0.29) is 11.7 Å². The molecule has 30 heavy (non-hydrogen) atoms. The van der Waals surface area contributed by atoms with Crippen LogP contribution in [-0.4, -0.2) is 26.8 Å². The van der Waals surface area contributed by atoms with Crippen molar-refractivity contribution in [3.63, 3.8) is 0 Å². The first-order valence-corrected chi connectivity index (χ1v) is 11.4. The molecule has 0 saturated heterocycles. The average molecular weight is 437 g/mol. The lowest BCUT2D eigenvalue weighted by molar-refractivity contribution is -0.113. The van der Waals surface area contributed by atoms with Gasteiger partial charge >= 0.3 is 0 Å². The lowest BCUT2D eigenvalue weighted by atomic mass is 10.1. The van der Waals surface area contributed by atoms with Crippen LogP contribution in [0.2, 0.25) is 0 Å². The van der Waals surface area contributed by atoms with Gasteiger partial charge in [0, 0.05) is 10.9 Å². The summed E-state index contributed by atoms with van der Waals surface area (Å²) in [5, 5.41) is 13.8. The summed E-state index contributed by atoms with van der Waals surface area (Å²) in [5.41, 5.74) is 4.27. The Morgan fingerprint density at radius 1 is 1.07 bits per heavy atom. The predicted molar refractivity (Wildman–Crippen MR) is 120 cm³/mol. The summed E-state index contributed by atoms with van der Waals surface area (Å²) in [6.07, 6.45) is 1.58. The van der Waals surface area contributed by atoms with Crippen LogP contribution in [0.4, 0.5) is 5.13 Å². The Bertz CT molecular complexity index is 1110. The molecule has 0 aliphatic carbocycles. The second kappa shape index (κ2) is 9.69. The number of aryl methyl sites for hydroxylation is 1. The second-order valence-electron chi connectivity index (χ2n) is 6.55. The molecular formula is C22H20N4O2S2. The average Bonchev–Trinajstić information content (AvgIpc) is 3.43. The second-order valence-corrected chi connectivity index (χ2v) is 8.33. The zero-order valence-electron chi connectivity index (χ0n) is 16.4. The third kappa shape index (κ3) is 5.34. The van der Waals surface area contributed by atoms with Crippen LogP contribution < -0.4 is 5.32 Å². The Morgan fingerprint density at radius 2 is 1.87 bits per heavy atom. The third-order valence-electron chi connectivity index (χ3n) is 4.38. The number of thioether (sulfide) groups is 1. The largest absolute Gasteiger partial charge is 0.416 e. The minimum absolute atomic E-state index is 0.162. The van der Waals surface area contributed by atoms with E-state index in [0.717, 1.165) is 23.2 Å². The number of anilines is 1. The van der Waals surface area contributed by atoms with Crippen LogP contribution in [0.5, 0.6) is 0 Å². The molecule has 0 atom stereocenters. The van der Waals surface area contributed by atoms with Gasteiger partial charge in [0.2, 0.25) is 11.8 Å². The van der Waals surface area contributed by atoms with Gasteiger partial charge in [-0.2, -0.15) is 0 Å². The Morgan fingerprint density at radius 3 is 2.63 bits per heavy atom. The molecule has 0 fully saturated rings. The molecule has 2 aromatic heterocycles. The van der Waals surface area contributed by atoms with Gasteiger partial charge in [0.05, 0.1) is 17.9 Å². The van der Waals surface area contributed by atoms with Gasteiger partial charge in [-0.1, -0.05) is 73.3 Å². The molecule has 152 valence electrons. The van der Waals surface area contributed by atoms with Crippen LogP contribution in [0, 0.1) is 0 Å². The maximum atomic E-state index is 12.3. The van der Waals surface area contributed by atoms with Crippen molar-refractivity contribution in [2.75, 3.05) is 11.1 Å². The summed E-state index contributed by atoms with van der Waals surface area (Å²) in [6, 6.07) is 18.2. The van der Waals surface area contributed by atoms with Crippen LogP contribution in [-0.2, 0) is 17.6 Å². The maximum Gasteiger partial charge on any atom is 0.277 e. The van der Waals surface area contributed by atoms with Gasteiger partial charge in [0.15, 0.2) is 5.13 Å². The molecule has 0 unspecified atom stereocenters. The molecule has 2 aromatic carbocycles. The third-order valence-corrected chi connectivity index (χ3v) is 5.96.